The summed E-state index contributed by atoms with van der Waals surface area (Å²) in [6.07, 6.45) is 3.02. The zero-order chi connectivity index (χ0) is 21.3. The van der Waals surface area contributed by atoms with Crippen molar-refractivity contribution in [1.29, 1.82) is 0 Å². The number of carbonyl (C=O) groups is 1. The molecule has 0 aliphatic carbocycles. The zero-order valence-corrected chi connectivity index (χ0v) is 19.1. The summed E-state index contributed by atoms with van der Waals surface area (Å²) in [6.45, 7) is 5.38. The first-order valence-electron chi connectivity index (χ1n) is 10.2. The van der Waals surface area contributed by atoms with E-state index in [2.05, 4.69) is 4.90 Å². The fourth-order valence-corrected chi connectivity index (χ4v) is 4.17. The quantitative estimate of drug-likeness (QED) is 0.457. The van der Waals surface area contributed by atoms with Crippen molar-refractivity contribution in [2.75, 3.05) is 13.1 Å². The predicted molar refractivity (Wildman–Crippen MR) is 125 cm³/mol. The molecule has 0 saturated carbocycles. The van der Waals surface area contributed by atoms with Gasteiger partial charge < -0.3 is 9.15 Å². The summed E-state index contributed by atoms with van der Waals surface area (Å²) in [5.74, 6) is -0.111. The monoisotopic (exact) mass is 461 g/mol. The van der Waals surface area contributed by atoms with Gasteiger partial charge in [0.05, 0.1) is 5.39 Å². The van der Waals surface area contributed by atoms with Crippen LogP contribution < -0.4 is 5.43 Å². The van der Waals surface area contributed by atoms with E-state index in [0.29, 0.717) is 16.3 Å². The number of esters is 1. The van der Waals surface area contributed by atoms with Gasteiger partial charge in [0.25, 0.3) is 0 Å². The maximum atomic E-state index is 13.0. The van der Waals surface area contributed by atoms with Crippen LogP contribution in [0, 0.1) is 6.92 Å². The van der Waals surface area contributed by atoms with Crippen molar-refractivity contribution < 1.29 is 13.9 Å². The van der Waals surface area contributed by atoms with Gasteiger partial charge in [0.2, 0.25) is 0 Å². The lowest BCUT2D eigenvalue weighted by Crippen LogP contribution is -2.40. The van der Waals surface area contributed by atoms with Crippen LogP contribution in [0.25, 0.3) is 22.3 Å². The van der Waals surface area contributed by atoms with Crippen LogP contribution in [0.3, 0.4) is 0 Å². The molecule has 1 aliphatic rings. The number of benzene rings is 2. The Hall–Kier alpha value is -2.34. The number of nitrogens with zero attached hydrogens (tertiary/aromatic N) is 1. The van der Waals surface area contributed by atoms with Gasteiger partial charge in [-0.3, -0.25) is 9.69 Å². The molecule has 1 fully saturated rings. The summed E-state index contributed by atoms with van der Waals surface area (Å²) in [5.41, 5.74) is 1.39. The van der Waals surface area contributed by atoms with Gasteiger partial charge in [0.1, 0.15) is 11.3 Å². The highest BCUT2D eigenvalue weighted by atomic mass is 35.5. The predicted octanol–water partition coefficient (Wildman–Crippen LogP) is 5.83. The van der Waals surface area contributed by atoms with Crippen molar-refractivity contribution in [1.82, 2.24) is 4.90 Å². The number of ether oxygens (including phenoxy) is 1. The summed E-state index contributed by atoms with van der Waals surface area (Å²) in [6, 6.07) is 12.4. The van der Waals surface area contributed by atoms with Crippen LogP contribution in [-0.4, -0.2) is 30.2 Å². The molecule has 31 heavy (non-hydrogen) atoms. The lowest BCUT2D eigenvalue weighted by molar-refractivity contribution is -0.0297. The second kappa shape index (κ2) is 9.86. The lowest BCUT2D eigenvalue weighted by atomic mass is 10.0. The van der Waals surface area contributed by atoms with Gasteiger partial charge in [-0.2, -0.15) is 0 Å². The van der Waals surface area contributed by atoms with E-state index in [9.17, 15) is 9.59 Å². The summed E-state index contributed by atoms with van der Waals surface area (Å²) in [5, 5.41) is 0.566. The number of piperidine rings is 1. The Morgan fingerprint density at radius 2 is 1.81 bits per heavy atom. The van der Waals surface area contributed by atoms with Crippen LogP contribution in [-0.2, 0) is 4.74 Å². The number of halogens is 2. The molecule has 7 heteroatoms. The Morgan fingerprint density at radius 3 is 2.48 bits per heavy atom. The van der Waals surface area contributed by atoms with Gasteiger partial charge in [-0.25, -0.2) is 4.79 Å². The van der Waals surface area contributed by atoms with Crippen molar-refractivity contribution in [3.63, 3.8) is 0 Å². The Morgan fingerprint density at radius 1 is 1.13 bits per heavy atom. The Bertz CT molecular complexity index is 1140. The number of fused-ring (bicyclic) bond motifs is 1. The maximum Gasteiger partial charge on any atom is 0.343 e. The minimum absolute atomic E-state index is 0. The van der Waals surface area contributed by atoms with Gasteiger partial charge in [-0.1, -0.05) is 48.4 Å². The van der Waals surface area contributed by atoms with Crippen LogP contribution in [0.5, 0.6) is 0 Å². The van der Waals surface area contributed by atoms with Crippen molar-refractivity contribution >= 4 is 40.9 Å². The second-order valence-electron chi connectivity index (χ2n) is 7.68. The summed E-state index contributed by atoms with van der Waals surface area (Å²) < 4.78 is 11.8. The van der Waals surface area contributed by atoms with Crippen LogP contribution >= 0.6 is 24.0 Å². The van der Waals surface area contributed by atoms with Gasteiger partial charge in [0, 0.05) is 29.2 Å². The fourth-order valence-electron chi connectivity index (χ4n) is 3.95. The van der Waals surface area contributed by atoms with Crippen molar-refractivity contribution in [2.24, 2.45) is 0 Å². The molecule has 0 radical (unpaired) electrons. The standard InChI is InChI=1S/C24H24ClNO4.ClH/c1-15-21(27)19-13-18(25)14-20(23(19)30-22(15)17-9-5-3-6-10-17)24(28)29-16(2)26-11-7-4-8-12-26;/h3,5-6,9-10,13-14,16H,4,7-8,11-12H2,1-2H3;1H/t16-;/m0./s1. The third-order valence-corrected chi connectivity index (χ3v) is 5.84. The van der Waals surface area contributed by atoms with Crippen LogP contribution in [0.15, 0.2) is 51.7 Å². The average Bonchev–Trinajstić information content (AvgIpc) is 2.77. The molecule has 1 saturated heterocycles. The van der Waals surface area contributed by atoms with E-state index in [1.165, 1.54) is 18.6 Å². The summed E-state index contributed by atoms with van der Waals surface area (Å²) in [4.78, 5) is 28.2. The van der Waals surface area contributed by atoms with E-state index >= 15 is 0 Å². The third-order valence-electron chi connectivity index (χ3n) is 5.62. The molecule has 5 nitrogen and oxygen atoms in total. The smallest absolute Gasteiger partial charge is 0.343 e. The minimum atomic E-state index is -0.549. The molecule has 0 amide bonds. The molecular weight excluding hydrogens is 437 g/mol. The normalized spacial score (nSPS) is 15.3. The minimum Gasteiger partial charge on any atom is -0.455 e. The molecule has 0 bridgehead atoms. The van der Waals surface area contributed by atoms with E-state index < -0.39 is 5.97 Å². The number of hydrogen-bond donors (Lipinski definition) is 0. The largest absolute Gasteiger partial charge is 0.455 e. The molecule has 2 heterocycles. The van der Waals surface area contributed by atoms with E-state index in [1.54, 1.807) is 6.92 Å². The first-order valence-corrected chi connectivity index (χ1v) is 10.6. The molecule has 0 N–H and O–H groups in total. The molecule has 3 aromatic rings. The van der Waals surface area contributed by atoms with Gasteiger partial charge >= 0.3 is 5.97 Å². The van der Waals surface area contributed by atoms with Gasteiger partial charge in [-0.15, -0.1) is 12.4 Å². The Kier molecular flexibility index (Phi) is 7.42. The number of likely N-dealkylation sites (tertiary alicyclic amines) is 1. The van der Waals surface area contributed by atoms with E-state index in [4.69, 9.17) is 20.8 Å². The van der Waals surface area contributed by atoms with Crippen molar-refractivity contribution in [2.45, 2.75) is 39.3 Å². The van der Waals surface area contributed by atoms with Crippen LogP contribution in [0.4, 0.5) is 0 Å². The number of hydrogen-bond acceptors (Lipinski definition) is 5. The molecule has 0 spiro atoms. The molecule has 1 atom stereocenters. The first-order chi connectivity index (χ1) is 14.5. The molecular formula is C24H25Cl2NO4. The van der Waals surface area contributed by atoms with Crippen LogP contribution in [0.2, 0.25) is 5.02 Å². The van der Waals surface area contributed by atoms with Gasteiger partial charge in [-0.05, 0) is 38.8 Å². The lowest BCUT2D eigenvalue weighted by Gasteiger charge is -2.31. The molecule has 0 unspecified atom stereocenters. The zero-order valence-electron chi connectivity index (χ0n) is 17.5. The van der Waals surface area contributed by atoms with E-state index in [0.717, 1.165) is 31.5 Å². The number of rotatable bonds is 4. The van der Waals surface area contributed by atoms with Crippen LogP contribution in [0.1, 0.15) is 42.1 Å². The highest BCUT2D eigenvalue weighted by molar-refractivity contribution is 6.32. The molecule has 1 aromatic heterocycles. The summed E-state index contributed by atoms with van der Waals surface area (Å²) >= 11 is 6.24. The number of carbonyl (C=O) groups excluding carboxylic acids is 1. The fraction of sp³-hybridized carbons (Fsp3) is 0.333. The molecule has 4 rings (SSSR count). The Labute approximate surface area is 192 Å². The topological polar surface area (TPSA) is 59.8 Å². The molecule has 1 aliphatic heterocycles. The molecule has 164 valence electrons. The summed E-state index contributed by atoms with van der Waals surface area (Å²) in [7, 11) is 0. The maximum absolute atomic E-state index is 13.0. The van der Waals surface area contributed by atoms with Crippen molar-refractivity contribution in [3.05, 3.63) is 68.8 Å². The Balaban J connectivity index is 0.00000272. The van der Waals surface area contributed by atoms with E-state index in [1.807, 2.05) is 37.3 Å². The second-order valence-corrected chi connectivity index (χ2v) is 8.12. The van der Waals surface area contributed by atoms with E-state index in [-0.39, 0.29) is 40.6 Å². The third kappa shape index (κ3) is 4.79. The van der Waals surface area contributed by atoms with Crippen molar-refractivity contribution in [3.8, 4) is 11.3 Å². The SMILES string of the molecule is Cc1c(-c2ccccc2)oc2c(C(=O)O[C@@H](C)N3CCCCC3)cc(Cl)cc2c1=O.Cl. The molecule has 2 aromatic carbocycles. The first kappa shape index (κ1) is 23.3. The van der Waals surface area contributed by atoms with Gasteiger partial charge in [0.15, 0.2) is 17.2 Å². The average molecular weight is 462 g/mol. The highest BCUT2D eigenvalue weighted by Crippen LogP contribution is 2.30. The highest BCUT2D eigenvalue weighted by Gasteiger charge is 2.24.